The van der Waals surface area contributed by atoms with Crippen LogP contribution in [0.1, 0.15) is 24.9 Å². The Kier molecular flexibility index (Phi) is 4.01. The molecule has 4 nitrogen and oxygen atoms in total. The topological polar surface area (TPSA) is 46.6 Å². The zero-order valence-electron chi connectivity index (χ0n) is 11.2. The van der Waals surface area contributed by atoms with Gasteiger partial charge in [0, 0.05) is 18.5 Å². The van der Waals surface area contributed by atoms with Gasteiger partial charge in [-0.2, -0.15) is 0 Å². The zero-order valence-corrected chi connectivity index (χ0v) is 11.2. The predicted molar refractivity (Wildman–Crippen MR) is 66.6 cm³/mol. The molecule has 0 aliphatic carbocycles. The summed E-state index contributed by atoms with van der Waals surface area (Å²) in [5.74, 6) is -2.42. The number of methoxy groups -OCH3 is 1. The molecule has 1 fully saturated rings. The van der Waals surface area contributed by atoms with Gasteiger partial charge in [0.05, 0.1) is 19.1 Å². The van der Waals surface area contributed by atoms with E-state index in [1.807, 2.05) is 0 Å². The molecular formula is C14H15F2NO3. The van der Waals surface area contributed by atoms with Crippen LogP contribution >= 0.6 is 0 Å². The van der Waals surface area contributed by atoms with E-state index in [1.165, 1.54) is 12.0 Å². The molecule has 1 aromatic carbocycles. The first kappa shape index (κ1) is 14.4. The number of halogens is 2. The lowest BCUT2D eigenvalue weighted by molar-refractivity contribution is -0.145. The Bertz CT molecular complexity index is 547. The van der Waals surface area contributed by atoms with E-state index in [9.17, 15) is 18.4 Å². The number of amides is 1. The van der Waals surface area contributed by atoms with Gasteiger partial charge in [-0.05, 0) is 25.1 Å². The molecule has 1 aromatic rings. The third kappa shape index (κ3) is 2.64. The summed E-state index contributed by atoms with van der Waals surface area (Å²) in [5.41, 5.74) is 0.101. The maximum Gasteiger partial charge on any atom is 0.310 e. The third-order valence-corrected chi connectivity index (χ3v) is 3.57. The highest BCUT2D eigenvalue weighted by atomic mass is 19.1. The van der Waals surface area contributed by atoms with Gasteiger partial charge in [0.25, 0.3) is 0 Å². The number of hydrogen-bond donors (Lipinski definition) is 0. The minimum absolute atomic E-state index is 0.0357. The molecule has 108 valence electrons. The van der Waals surface area contributed by atoms with Gasteiger partial charge in [-0.25, -0.2) is 8.78 Å². The second kappa shape index (κ2) is 5.56. The fourth-order valence-corrected chi connectivity index (χ4v) is 2.43. The second-order valence-electron chi connectivity index (χ2n) is 4.81. The van der Waals surface area contributed by atoms with Crippen LogP contribution in [0, 0.1) is 17.6 Å². The monoisotopic (exact) mass is 283 g/mol. The number of carbonyl (C=O) groups is 2. The number of benzene rings is 1. The number of likely N-dealkylation sites (tertiary alicyclic amines) is 1. The predicted octanol–water partition coefficient (Wildman–Crippen LogP) is 2.05. The van der Waals surface area contributed by atoms with Crippen molar-refractivity contribution in [1.29, 1.82) is 0 Å². The minimum atomic E-state index is -0.632. The summed E-state index contributed by atoms with van der Waals surface area (Å²) in [6.45, 7) is 1.76. The molecule has 0 bridgehead atoms. The van der Waals surface area contributed by atoms with Crippen molar-refractivity contribution in [3.8, 4) is 0 Å². The van der Waals surface area contributed by atoms with Gasteiger partial charge in [-0.3, -0.25) is 9.59 Å². The summed E-state index contributed by atoms with van der Waals surface area (Å²) in [7, 11) is 1.26. The molecule has 2 atom stereocenters. The molecular weight excluding hydrogens is 268 g/mol. The van der Waals surface area contributed by atoms with Crippen LogP contribution in [0.5, 0.6) is 0 Å². The maximum atomic E-state index is 13.7. The average molecular weight is 283 g/mol. The van der Waals surface area contributed by atoms with Crippen molar-refractivity contribution in [3.63, 3.8) is 0 Å². The molecule has 2 unspecified atom stereocenters. The van der Waals surface area contributed by atoms with Gasteiger partial charge < -0.3 is 9.64 Å². The lowest BCUT2D eigenvalue weighted by atomic mass is 10.1. The molecule has 1 saturated heterocycles. The van der Waals surface area contributed by atoms with Crippen LogP contribution in [0.4, 0.5) is 8.78 Å². The second-order valence-corrected chi connectivity index (χ2v) is 4.81. The largest absolute Gasteiger partial charge is 0.469 e. The number of nitrogens with zero attached hydrogens (tertiary/aromatic N) is 1. The molecule has 1 amide bonds. The average Bonchev–Trinajstić information content (AvgIpc) is 2.82. The summed E-state index contributed by atoms with van der Waals surface area (Å²) in [6, 6.07) is 2.49. The molecule has 0 spiro atoms. The van der Waals surface area contributed by atoms with Gasteiger partial charge in [-0.15, -0.1) is 0 Å². The highest BCUT2D eigenvalue weighted by Crippen LogP contribution is 2.30. The first-order valence-corrected chi connectivity index (χ1v) is 6.26. The molecule has 1 aliphatic rings. The van der Waals surface area contributed by atoms with Gasteiger partial charge >= 0.3 is 5.97 Å². The van der Waals surface area contributed by atoms with Crippen LogP contribution in [0.2, 0.25) is 0 Å². The molecule has 0 radical (unpaired) electrons. The Morgan fingerprint density at radius 3 is 2.80 bits per heavy atom. The smallest absolute Gasteiger partial charge is 0.310 e. The molecule has 6 heteroatoms. The number of hydrogen-bond acceptors (Lipinski definition) is 3. The van der Waals surface area contributed by atoms with Crippen LogP contribution in [0.25, 0.3) is 0 Å². The Hall–Kier alpha value is -1.98. The van der Waals surface area contributed by atoms with Crippen molar-refractivity contribution in [3.05, 3.63) is 35.4 Å². The van der Waals surface area contributed by atoms with Gasteiger partial charge in [0.15, 0.2) is 0 Å². The van der Waals surface area contributed by atoms with E-state index in [1.54, 1.807) is 6.92 Å². The fraction of sp³-hybridized carbons (Fsp3) is 0.429. The van der Waals surface area contributed by atoms with Gasteiger partial charge in [0.2, 0.25) is 5.91 Å². The lowest BCUT2D eigenvalue weighted by Gasteiger charge is -2.25. The standard InChI is InChI=1S/C14H15F2NO3/c1-8(11-6-10(15)3-4-12(11)16)17-7-9(5-13(17)18)14(19)20-2/h3-4,6,8-9H,5,7H2,1-2H3. The molecule has 0 aromatic heterocycles. The van der Waals surface area contributed by atoms with E-state index in [0.29, 0.717) is 0 Å². The zero-order chi connectivity index (χ0) is 14.9. The SMILES string of the molecule is COC(=O)C1CC(=O)N(C(C)c2cc(F)ccc2F)C1. The van der Waals surface area contributed by atoms with Crippen molar-refractivity contribution < 1.29 is 23.1 Å². The lowest BCUT2D eigenvalue weighted by Crippen LogP contribution is -2.30. The summed E-state index contributed by atoms with van der Waals surface area (Å²) in [6.07, 6.45) is 0.0357. The molecule has 1 heterocycles. The van der Waals surface area contributed by atoms with Crippen molar-refractivity contribution in [1.82, 2.24) is 4.90 Å². The van der Waals surface area contributed by atoms with E-state index in [0.717, 1.165) is 18.2 Å². The number of esters is 1. The number of ether oxygens (including phenoxy) is 1. The first-order chi connectivity index (χ1) is 9.43. The number of rotatable bonds is 3. The Morgan fingerprint density at radius 1 is 1.45 bits per heavy atom. The maximum absolute atomic E-state index is 13.7. The highest BCUT2D eigenvalue weighted by Gasteiger charge is 2.38. The molecule has 0 saturated carbocycles. The molecule has 2 rings (SSSR count). The van der Waals surface area contributed by atoms with Gasteiger partial charge in [-0.1, -0.05) is 0 Å². The summed E-state index contributed by atoms with van der Waals surface area (Å²) < 4.78 is 31.5. The van der Waals surface area contributed by atoms with Crippen molar-refractivity contribution in [2.24, 2.45) is 5.92 Å². The minimum Gasteiger partial charge on any atom is -0.469 e. The van der Waals surface area contributed by atoms with Gasteiger partial charge in [0.1, 0.15) is 11.6 Å². The normalized spacial score (nSPS) is 20.1. The highest BCUT2D eigenvalue weighted by molar-refractivity contribution is 5.87. The number of carbonyl (C=O) groups excluding carboxylic acids is 2. The first-order valence-electron chi connectivity index (χ1n) is 6.26. The van der Waals surface area contributed by atoms with E-state index >= 15 is 0 Å². The molecule has 1 aliphatic heterocycles. The molecule has 0 N–H and O–H groups in total. The molecule has 20 heavy (non-hydrogen) atoms. The Labute approximate surface area is 115 Å². The van der Waals surface area contributed by atoms with Crippen LogP contribution in [-0.4, -0.2) is 30.4 Å². The quantitative estimate of drug-likeness (QED) is 0.798. The van der Waals surface area contributed by atoms with Crippen molar-refractivity contribution in [2.45, 2.75) is 19.4 Å². The van der Waals surface area contributed by atoms with Crippen molar-refractivity contribution in [2.75, 3.05) is 13.7 Å². The van der Waals surface area contributed by atoms with E-state index in [2.05, 4.69) is 4.74 Å². The van der Waals surface area contributed by atoms with Crippen LogP contribution in [-0.2, 0) is 14.3 Å². The Morgan fingerprint density at radius 2 is 2.15 bits per heavy atom. The van der Waals surface area contributed by atoms with Crippen molar-refractivity contribution >= 4 is 11.9 Å². The third-order valence-electron chi connectivity index (χ3n) is 3.57. The van der Waals surface area contributed by atoms with E-state index in [4.69, 9.17) is 0 Å². The van der Waals surface area contributed by atoms with E-state index in [-0.39, 0.29) is 24.4 Å². The van der Waals surface area contributed by atoms with Crippen LogP contribution < -0.4 is 0 Å². The van der Waals surface area contributed by atoms with Crippen LogP contribution in [0.15, 0.2) is 18.2 Å². The van der Waals surface area contributed by atoms with Crippen LogP contribution in [0.3, 0.4) is 0 Å². The summed E-state index contributed by atoms with van der Waals surface area (Å²) >= 11 is 0. The fourth-order valence-electron chi connectivity index (χ4n) is 2.43. The van der Waals surface area contributed by atoms with E-state index < -0.39 is 29.6 Å². The summed E-state index contributed by atoms with van der Waals surface area (Å²) in [5, 5.41) is 0. The summed E-state index contributed by atoms with van der Waals surface area (Å²) in [4.78, 5) is 24.7. The Balaban J connectivity index is 2.21.